The maximum absolute atomic E-state index is 9.57. The second-order valence-electron chi connectivity index (χ2n) is 7.78. The van der Waals surface area contributed by atoms with Gasteiger partial charge in [-0.1, -0.05) is 24.4 Å². The van der Waals surface area contributed by atoms with Crippen LogP contribution in [0.25, 0.3) is 5.82 Å². The highest BCUT2D eigenvalue weighted by Gasteiger charge is 2.33. The van der Waals surface area contributed by atoms with Gasteiger partial charge in [-0.3, -0.25) is 9.80 Å². The van der Waals surface area contributed by atoms with E-state index in [2.05, 4.69) is 37.7 Å². The molecule has 2 fully saturated rings. The van der Waals surface area contributed by atoms with Crippen molar-refractivity contribution in [2.45, 2.75) is 50.7 Å². The number of aliphatic hydroxyl groups is 1. The number of hydrogen-bond donors (Lipinski definition) is 1. The highest BCUT2D eigenvalue weighted by molar-refractivity contribution is 6.30. The van der Waals surface area contributed by atoms with Crippen LogP contribution in [-0.2, 0) is 6.54 Å². The predicted molar refractivity (Wildman–Crippen MR) is 108 cm³/mol. The first kappa shape index (κ1) is 18.9. The molecule has 0 spiro atoms. The van der Waals surface area contributed by atoms with Gasteiger partial charge in [0.2, 0.25) is 0 Å². The normalized spacial score (nSPS) is 22.5. The zero-order valence-corrected chi connectivity index (χ0v) is 16.6. The molecule has 27 heavy (non-hydrogen) atoms. The Morgan fingerprint density at radius 3 is 2.74 bits per heavy atom. The quantitative estimate of drug-likeness (QED) is 0.824. The lowest BCUT2D eigenvalue weighted by atomic mass is 10.0. The van der Waals surface area contributed by atoms with Crippen LogP contribution in [-0.4, -0.2) is 62.8 Å². The molecule has 0 bridgehead atoms. The summed E-state index contributed by atoms with van der Waals surface area (Å²) in [5.41, 5.74) is 1.24. The number of halogens is 1. The van der Waals surface area contributed by atoms with E-state index in [1.165, 1.54) is 31.4 Å². The lowest BCUT2D eigenvalue weighted by Gasteiger charge is -2.44. The fourth-order valence-corrected chi connectivity index (χ4v) is 4.82. The molecule has 0 aromatic carbocycles. The largest absolute Gasteiger partial charge is 0.396 e. The van der Waals surface area contributed by atoms with Gasteiger partial charge in [-0.2, -0.15) is 0 Å². The molecule has 1 aliphatic carbocycles. The van der Waals surface area contributed by atoms with E-state index in [4.69, 9.17) is 11.6 Å². The molecule has 0 unspecified atom stereocenters. The average molecular weight is 389 g/mol. The summed E-state index contributed by atoms with van der Waals surface area (Å²) in [6.07, 6.45) is 9.99. The molecular weight excluding hydrogens is 360 g/mol. The summed E-state index contributed by atoms with van der Waals surface area (Å²) in [6.45, 7) is 4.38. The predicted octanol–water partition coefficient (Wildman–Crippen LogP) is 3.34. The standard InChI is InChI=1S/C21H29ClN4O/c22-17-7-8-21(23-14-17)26-10-3-6-19(26)15-24-11-12-25(18-4-1-2-5-18)20(16-24)9-13-27/h3,6-8,10,14,18,20,27H,1-2,4-5,9,11-13,15-16H2/t20-/m0/s1. The van der Waals surface area contributed by atoms with Crippen LogP contribution in [0.5, 0.6) is 0 Å². The molecule has 6 heteroatoms. The van der Waals surface area contributed by atoms with Crippen molar-refractivity contribution in [1.82, 2.24) is 19.4 Å². The highest BCUT2D eigenvalue weighted by atomic mass is 35.5. The summed E-state index contributed by atoms with van der Waals surface area (Å²) in [5, 5.41) is 10.2. The van der Waals surface area contributed by atoms with Crippen LogP contribution in [0.4, 0.5) is 0 Å². The first-order valence-electron chi connectivity index (χ1n) is 10.1. The third-order valence-corrected chi connectivity index (χ3v) is 6.27. The maximum atomic E-state index is 9.57. The fraction of sp³-hybridized carbons (Fsp3) is 0.571. The van der Waals surface area contributed by atoms with Gasteiger partial charge in [-0.05, 0) is 43.5 Å². The van der Waals surface area contributed by atoms with Crippen molar-refractivity contribution in [2.24, 2.45) is 0 Å². The molecule has 1 saturated carbocycles. The van der Waals surface area contributed by atoms with Crippen molar-refractivity contribution in [3.63, 3.8) is 0 Å². The van der Waals surface area contributed by atoms with E-state index < -0.39 is 0 Å². The Morgan fingerprint density at radius 2 is 2.00 bits per heavy atom. The Kier molecular flexibility index (Phi) is 6.13. The minimum atomic E-state index is 0.271. The second kappa shape index (κ2) is 8.74. The number of nitrogens with zero attached hydrogens (tertiary/aromatic N) is 4. The summed E-state index contributed by atoms with van der Waals surface area (Å²) in [4.78, 5) is 9.66. The van der Waals surface area contributed by atoms with Crippen LogP contribution in [0.2, 0.25) is 5.02 Å². The molecule has 1 N–H and O–H groups in total. The van der Waals surface area contributed by atoms with Gasteiger partial charge in [0.25, 0.3) is 0 Å². The number of piperazine rings is 1. The van der Waals surface area contributed by atoms with E-state index >= 15 is 0 Å². The Morgan fingerprint density at radius 1 is 1.15 bits per heavy atom. The van der Waals surface area contributed by atoms with E-state index in [1.807, 2.05) is 12.1 Å². The SMILES string of the molecule is OCC[C@H]1CN(Cc2cccn2-c2ccc(Cl)cn2)CCN1C1CCCC1. The van der Waals surface area contributed by atoms with E-state index in [9.17, 15) is 5.11 Å². The minimum absolute atomic E-state index is 0.271. The van der Waals surface area contributed by atoms with Crippen LogP contribution in [0.15, 0.2) is 36.7 Å². The number of rotatable bonds is 6. The Balaban J connectivity index is 1.44. The Labute approximate surface area is 166 Å². The zero-order valence-electron chi connectivity index (χ0n) is 15.8. The van der Waals surface area contributed by atoms with Gasteiger partial charge in [0, 0.05) is 63.0 Å². The first-order valence-corrected chi connectivity index (χ1v) is 10.5. The molecule has 5 nitrogen and oxygen atoms in total. The molecular formula is C21H29ClN4O. The maximum Gasteiger partial charge on any atom is 0.136 e. The van der Waals surface area contributed by atoms with Gasteiger partial charge < -0.3 is 9.67 Å². The van der Waals surface area contributed by atoms with Crippen molar-refractivity contribution in [2.75, 3.05) is 26.2 Å². The monoisotopic (exact) mass is 388 g/mol. The Hall–Kier alpha value is -1.40. The third-order valence-electron chi connectivity index (χ3n) is 6.05. The number of pyridine rings is 1. The van der Waals surface area contributed by atoms with Crippen molar-refractivity contribution in [1.29, 1.82) is 0 Å². The lowest BCUT2D eigenvalue weighted by Crippen LogP contribution is -2.56. The van der Waals surface area contributed by atoms with Crippen LogP contribution >= 0.6 is 11.6 Å². The number of aliphatic hydroxyl groups excluding tert-OH is 1. The van der Waals surface area contributed by atoms with E-state index in [-0.39, 0.29) is 6.61 Å². The average Bonchev–Trinajstić information content (AvgIpc) is 3.35. The molecule has 2 aromatic rings. The molecule has 0 radical (unpaired) electrons. The van der Waals surface area contributed by atoms with Gasteiger partial charge in [0.1, 0.15) is 5.82 Å². The van der Waals surface area contributed by atoms with E-state index in [0.29, 0.717) is 11.1 Å². The molecule has 0 amide bonds. The molecule has 1 atom stereocenters. The molecule has 4 rings (SSSR count). The Bertz CT molecular complexity index is 726. The molecule has 3 heterocycles. The topological polar surface area (TPSA) is 44.5 Å². The minimum Gasteiger partial charge on any atom is -0.396 e. The molecule has 1 aliphatic heterocycles. The molecule has 2 aliphatic rings. The van der Waals surface area contributed by atoms with Crippen LogP contribution in [0, 0.1) is 0 Å². The van der Waals surface area contributed by atoms with Crippen molar-refractivity contribution in [3.05, 3.63) is 47.4 Å². The van der Waals surface area contributed by atoms with Gasteiger partial charge in [-0.15, -0.1) is 0 Å². The summed E-state index contributed by atoms with van der Waals surface area (Å²) < 4.78 is 2.14. The zero-order chi connectivity index (χ0) is 18.6. The second-order valence-corrected chi connectivity index (χ2v) is 8.22. The summed E-state index contributed by atoms with van der Waals surface area (Å²) in [6, 6.07) is 9.27. The highest BCUT2D eigenvalue weighted by Crippen LogP contribution is 2.28. The van der Waals surface area contributed by atoms with Crippen LogP contribution in [0.3, 0.4) is 0 Å². The molecule has 146 valence electrons. The summed E-state index contributed by atoms with van der Waals surface area (Å²) in [7, 11) is 0. The fourth-order valence-electron chi connectivity index (χ4n) is 4.71. The lowest BCUT2D eigenvalue weighted by molar-refractivity contribution is 0.0261. The van der Waals surface area contributed by atoms with E-state index in [0.717, 1.165) is 44.5 Å². The first-order chi connectivity index (χ1) is 13.2. The molecule has 1 saturated heterocycles. The van der Waals surface area contributed by atoms with Gasteiger partial charge in [0.15, 0.2) is 0 Å². The van der Waals surface area contributed by atoms with Crippen molar-refractivity contribution < 1.29 is 5.11 Å². The number of hydrogen-bond acceptors (Lipinski definition) is 4. The van der Waals surface area contributed by atoms with Gasteiger partial charge >= 0.3 is 0 Å². The molecule has 2 aromatic heterocycles. The number of aromatic nitrogens is 2. The van der Waals surface area contributed by atoms with E-state index in [1.54, 1.807) is 6.20 Å². The summed E-state index contributed by atoms with van der Waals surface area (Å²) in [5.74, 6) is 0.899. The van der Waals surface area contributed by atoms with Gasteiger partial charge in [-0.25, -0.2) is 4.98 Å². The van der Waals surface area contributed by atoms with Gasteiger partial charge in [0.05, 0.1) is 5.02 Å². The van der Waals surface area contributed by atoms with Crippen LogP contribution < -0.4 is 0 Å². The third kappa shape index (κ3) is 4.37. The van der Waals surface area contributed by atoms with Crippen molar-refractivity contribution >= 4 is 11.6 Å². The van der Waals surface area contributed by atoms with Crippen LogP contribution in [0.1, 0.15) is 37.8 Å². The summed E-state index contributed by atoms with van der Waals surface area (Å²) >= 11 is 5.98. The smallest absolute Gasteiger partial charge is 0.136 e. The van der Waals surface area contributed by atoms with Crippen molar-refractivity contribution in [3.8, 4) is 5.82 Å².